The Bertz CT molecular complexity index is 616. The van der Waals surface area contributed by atoms with E-state index in [-0.39, 0.29) is 0 Å². The first kappa shape index (κ1) is 13.7. The third kappa shape index (κ3) is 4.21. The molecule has 0 aliphatic carbocycles. The van der Waals surface area contributed by atoms with Gasteiger partial charge in [-0.25, -0.2) is 4.79 Å². The molecule has 2 aromatic carbocycles. The van der Waals surface area contributed by atoms with Crippen molar-refractivity contribution in [2.45, 2.75) is 6.92 Å². The van der Waals surface area contributed by atoms with Crippen molar-refractivity contribution in [3.8, 4) is 0 Å². The molecule has 0 aliphatic rings. The van der Waals surface area contributed by atoms with Gasteiger partial charge < -0.3 is 4.84 Å². The van der Waals surface area contributed by atoms with Gasteiger partial charge in [0.05, 0.1) is 0 Å². The van der Waals surface area contributed by atoms with Crippen molar-refractivity contribution in [2.24, 2.45) is 5.16 Å². The molecular weight excluding hydrogens is 250 g/mol. The lowest BCUT2D eigenvalue weighted by Gasteiger charge is -2.01. The molecule has 0 atom stereocenters. The van der Waals surface area contributed by atoms with E-state index in [1.807, 2.05) is 72.8 Å². The van der Waals surface area contributed by atoms with Gasteiger partial charge in [0.15, 0.2) is 0 Å². The summed E-state index contributed by atoms with van der Waals surface area (Å²) in [5, 5.41) is 3.89. The number of hydrogen-bond donors (Lipinski definition) is 0. The summed E-state index contributed by atoms with van der Waals surface area (Å²) in [6.07, 6.45) is 3.75. The van der Waals surface area contributed by atoms with Crippen molar-refractivity contribution in [3.63, 3.8) is 0 Å². The zero-order chi connectivity index (χ0) is 14.2. The molecule has 0 amide bonds. The van der Waals surface area contributed by atoms with Crippen LogP contribution in [0.5, 0.6) is 0 Å². The smallest absolute Gasteiger partial charge is 0.318 e. The molecule has 0 saturated carbocycles. The highest BCUT2D eigenvalue weighted by Gasteiger charge is 2.01. The largest absolute Gasteiger partial charge is 0.332 e. The van der Waals surface area contributed by atoms with E-state index in [1.54, 1.807) is 0 Å². The van der Waals surface area contributed by atoms with Gasteiger partial charge in [0.25, 0.3) is 0 Å². The van der Waals surface area contributed by atoms with Crippen LogP contribution in [0.15, 0.2) is 71.9 Å². The standard InChI is InChI=1S/C17H15NO2/c1-14(19)20-18-17(16-10-6-3-7-11-16)13-12-15-8-4-2-5-9-15/h2-13H,1H3/b13-12+,18-17+. The monoisotopic (exact) mass is 265 g/mol. The van der Waals surface area contributed by atoms with E-state index < -0.39 is 5.97 Å². The topological polar surface area (TPSA) is 38.7 Å². The maximum Gasteiger partial charge on any atom is 0.332 e. The molecule has 0 bridgehead atoms. The third-order valence-corrected chi connectivity index (χ3v) is 2.58. The molecule has 100 valence electrons. The van der Waals surface area contributed by atoms with E-state index in [0.717, 1.165) is 11.1 Å². The number of carbonyl (C=O) groups is 1. The summed E-state index contributed by atoms with van der Waals surface area (Å²) in [5.41, 5.74) is 2.55. The zero-order valence-corrected chi connectivity index (χ0v) is 11.2. The van der Waals surface area contributed by atoms with Crippen molar-refractivity contribution in [1.29, 1.82) is 0 Å². The van der Waals surface area contributed by atoms with Gasteiger partial charge in [-0.2, -0.15) is 0 Å². The molecule has 0 radical (unpaired) electrons. The molecule has 0 N–H and O–H groups in total. The van der Waals surface area contributed by atoms with E-state index in [1.165, 1.54) is 6.92 Å². The van der Waals surface area contributed by atoms with Crippen LogP contribution in [0.3, 0.4) is 0 Å². The maximum absolute atomic E-state index is 10.9. The molecule has 0 unspecified atom stereocenters. The number of allylic oxidation sites excluding steroid dienone is 1. The van der Waals surface area contributed by atoms with Gasteiger partial charge >= 0.3 is 5.97 Å². The summed E-state index contributed by atoms with van der Waals surface area (Å²) in [5.74, 6) is -0.438. The summed E-state index contributed by atoms with van der Waals surface area (Å²) in [7, 11) is 0. The van der Waals surface area contributed by atoms with Crippen LogP contribution < -0.4 is 0 Å². The second-order valence-corrected chi connectivity index (χ2v) is 4.17. The Labute approximate surface area is 118 Å². The van der Waals surface area contributed by atoms with E-state index in [9.17, 15) is 4.79 Å². The summed E-state index contributed by atoms with van der Waals surface area (Å²) in [6.45, 7) is 1.33. The van der Waals surface area contributed by atoms with Crippen molar-refractivity contribution < 1.29 is 9.63 Å². The quantitative estimate of drug-likeness (QED) is 0.480. The number of oxime groups is 1. The van der Waals surface area contributed by atoms with Crippen LogP contribution in [-0.4, -0.2) is 11.7 Å². The van der Waals surface area contributed by atoms with E-state index in [4.69, 9.17) is 4.84 Å². The number of rotatable bonds is 4. The number of hydrogen-bond acceptors (Lipinski definition) is 3. The summed E-state index contributed by atoms with van der Waals surface area (Å²) >= 11 is 0. The summed E-state index contributed by atoms with van der Waals surface area (Å²) < 4.78 is 0. The van der Waals surface area contributed by atoms with Gasteiger partial charge in [-0.15, -0.1) is 0 Å². The minimum Gasteiger partial charge on any atom is -0.318 e. The highest BCUT2D eigenvalue weighted by atomic mass is 16.7. The first-order valence-corrected chi connectivity index (χ1v) is 6.30. The highest BCUT2D eigenvalue weighted by molar-refractivity contribution is 6.10. The van der Waals surface area contributed by atoms with Crippen molar-refractivity contribution in [2.75, 3.05) is 0 Å². The highest BCUT2D eigenvalue weighted by Crippen LogP contribution is 2.07. The Morgan fingerprint density at radius 1 is 1.00 bits per heavy atom. The molecule has 0 saturated heterocycles. The minimum atomic E-state index is -0.438. The van der Waals surface area contributed by atoms with Gasteiger partial charge in [-0.05, 0) is 11.6 Å². The van der Waals surface area contributed by atoms with Gasteiger partial charge in [-0.1, -0.05) is 71.9 Å². The maximum atomic E-state index is 10.9. The zero-order valence-electron chi connectivity index (χ0n) is 11.2. The average Bonchev–Trinajstić information content (AvgIpc) is 2.49. The Kier molecular flexibility index (Phi) is 4.84. The molecule has 0 spiro atoms. The molecule has 0 aromatic heterocycles. The average molecular weight is 265 g/mol. The fourth-order valence-electron chi connectivity index (χ4n) is 1.64. The first-order chi connectivity index (χ1) is 9.75. The Morgan fingerprint density at radius 3 is 2.20 bits per heavy atom. The van der Waals surface area contributed by atoms with E-state index in [0.29, 0.717) is 5.71 Å². The lowest BCUT2D eigenvalue weighted by atomic mass is 10.1. The predicted octanol–water partition coefficient (Wildman–Crippen LogP) is 3.67. The molecule has 3 nitrogen and oxygen atoms in total. The van der Waals surface area contributed by atoms with Gasteiger partial charge in [0, 0.05) is 12.5 Å². The lowest BCUT2D eigenvalue weighted by molar-refractivity contribution is -0.140. The van der Waals surface area contributed by atoms with E-state index in [2.05, 4.69) is 5.16 Å². The summed E-state index contributed by atoms with van der Waals surface area (Å²) in [6, 6.07) is 19.4. The molecule has 2 rings (SSSR count). The molecule has 3 heteroatoms. The predicted molar refractivity (Wildman–Crippen MR) is 80.2 cm³/mol. The molecule has 0 heterocycles. The van der Waals surface area contributed by atoms with Crippen LogP contribution >= 0.6 is 0 Å². The van der Waals surface area contributed by atoms with Crippen molar-refractivity contribution >= 4 is 17.8 Å². The molecule has 20 heavy (non-hydrogen) atoms. The molecular formula is C17H15NO2. The van der Waals surface area contributed by atoms with Gasteiger partial charge in [-0.3, -0.25) is 0 Å². The second kappa shape index (κ2) is 7.04. The normalized spacial score (nSPS) is 11.6. The SMILES string of the molecule is CC(=O)O/N=C(\C=C\c1ccccc1)c1ccccc1. The van der Waals surface area contributed by atoms with E-state index >= 15 is 0 Å². The minimum absolute atomic E-state index is 0.438. The van der Waals surface area contributed by atoms with Crippen LogP contribution in [0.1, 0.15) is 18.1 Å². The van der Waals surface area contributed by atoms with Crippen LogP contribution in [0.4, 0.5) is 0 Å². The number of nitrogens with zero attached hydrogens (tertiary/aromatic N) is 1. The Balaban J connectivity index is 2.26. The molecule has 0 fully saturated rings. The van der Waals surface area contributed by atoms with Crippen molar-refractivity contribution in [3.05, 3.63) is 77.9 Å². The second-order valence-electron chi connectivity index (χ2n) is 4.17. The number of carbonyl (C=O) groups excluding carboxylic acids is 1. The third-order valence-electron chi connectivity index (χ3n) is 2.58. The van der Waals surface area contributed by atoms with Crippen LogP contribution in [0.2, 0.25) is 0 Å². The molecule has 0 aliphatic heterocycles. The van der Waals surface area contributed by atoms with Crippen molar-refractivity contribution in [1.82, 2.24) is 0 Å². The van der Waals surface area contributed by atoms with Crippen LogP contribution in [-0.2, 0) is 9.63 Å². The summed E-state index contributed by atoms with van der Waals surface area (Å²) in [4.78, 5) is 15.6. The number of benzene rings is 2. The fourth-order valence-corrected chi connectivity index (χ4v) is 1.64. The lowest BCUT2D eigenvalue weighted by Crippen LogP contribution is -2.00. The first-order valence-electron chi connectivity index (χ1n) is 6.30. The Morgan fingerprint density at radius 2 is 1.60 bits per heavy atom. The van der Waals surface area contributed by atoms with Gasteiger partial charge in [0.1, 0.15) is 5.71 Å². The molecule has 2 aromatic rings. The Hall–Kier alpha value is -2.68. The fraction of sp³-hybridized carbons (Fsp3) is 0.0588. The van der Waals surface area contributed by atoms with Crippen LogP contribution in [0.25, 0.3) is 6.08 Å². The van der Waals surface area contributed by atoms with Gasteiger partial charge in [0.2, 0.25) is 0 Å². The van der Waals surface area contributed by atoms with Crippen LogP contribution in [0, 0.1) is 0 Å².